The van der Waals surface area contributed by atoms with Crippen LogP contribution in [0.15, 0.2) is 30.3 Å². The number of unbranched alkanes of at least 4 members (excludes halogenated alkanes) is 4. The van der Waals surface area contributed by atoms with Gasteiger partial charge in [-0.1, -0.05) is 62.9 Å². The maximum atomic E-state index is 12.6. The quantitative estimate of drug-likeness (QED) is 0.0938. The second-order valence-corrected chi connectivity index (χ2v) is 10.9. The van der Waals surface area contributed by atoms with Gasteiger partial charge in [-0.05, 0) is 31.2 Å². The number of hydrogen-bond donors (Lipinski definition) is 8. The average molecular weight is 599 g/mol. The molecule has 0 spiro atoms. The zero-order valence-corrected chi connectivity index (χ0v) is 24.5. The summed E-state index contributed by atoms with van der Waals surface area (Å²) in [5, 5.41) is 66.8. The van der Waals surface area contributed by atoms with Crippen molar-refractivity contribution in [2.24, 2.45) is 0 Å². The van der Waals surface area contributed by atoms with Crippen molar-refractivity contribution >= 4 is 11.8 Å². The number of aliphatic hydroxyl groups excluding tert-OH is 6. The van der Waals surface area contributed by atoms with Gasteiger partial charge in [-0.3, -0.25) is 9.59 Å². The number of nitrogens with one attached hydrogen (secondary N) is 2. The molecule has 1 aliphatic rings. The summed E-state index contributed by atoms with van der Waals surface area (Å²) in [5.74, 6) is -0.524. The Morgan fingerprint density at radius 2 is 1.62 bits per heavy atom. The minimum Gasteiger partial charge on any atom is -0.394 e. The molecule has 1 heterocycles. The third kappa shape index (κ3) is 12.6. The Labute approximate surface area is 248 Å². The Bertz CT molecular complexity index is 890. The lowest BCUT2D eigenvalue weighted by atomic mass is 9.99. The van der Waals surface area contributed by atoms with Gasteiger partial charge >= 0.3 is 0 Å². The van der Waals surface area contributed by atoms with Crippen LogP contribution >= 0.6 is 0 Å². The molecule has 8 N–H and O–H groups in total. The van der Waals surface area contributed by atoms with Crippen molar-refractivity contribution in [3.05, 3.63) is 35.9 Å². The number of amides is 2. The van der Waals surface area contributed by atoms with E-state index in [9.17, 15) is 40.2 Å². The molecule has 2 rings (SSSR count). The number of carbonyl (C=O) groups is 2. The predicted octanol–water partition coefficient (Wildman–Crippen LogP) is -0.101. The molecule has 12 heteroatoms. The van der Waals surface area contributed by atoms with Gasteiger partial charge in [0.25, 0.3) is 0 Å². The highest BCUT2D eigenvalue weighted by molar-refractivity contribution is 5.76. The summed E-state index contributed by atoms with van der Waals surface area (Å²) in [6.07, 6.45) is -4.14. The van der Waals surface area contributed by atoms with E-state index in [2.05, 4.69) is 17.6 Å². The van der Waals surface area contributed by atoms with Crippen LogP contribution in [0.3, 0.4) is 0 Å². The van der Waals surface area contributed by atoms with E-state index in [1.54, 1.807) is 0 Å². The largest absolute Gasteiger partial charge is 0.394 e. The molecule has 2 unspecified atom stereocenters. The molecule has 0 radical (unpaired) electrons. The van der Waals surface area contributed by atoms with Crippen molar-refractivity contribution < 1.29 is 49.7 Å². The van der Waals surface area contributed by atoms with Gasteiger partial charge in [0.05, 0.1) is 25.4 Å². The summed E-state index contributed by atoms with van der Waals surface area (Å²) in [5.41, 5.74) is 1.11. The standard InChI is InChI=1S/C30H50N2O10/c1-2-3-4-5-9-14-25(36)32-21(19-41-30-29(40)28(39)27(38)23(18-33)42-30)26(37)22(34)13-10-15-24(35)31-17-16-20-11-7-6-8-12-20/h6-8,11-12,21-23,26-30,33-34,37-40H,2-5,9-10,13-19H2,1H3,(H,31,35)(H,32,36)/t21-,22+,23?,26-,27-,28?,29-,30-/m0/s1. The fourth-order valence-electron chi connectivity index (χ4n) is 4.79. The van der Waals surface area contributed by atoms with Gasteiger partial charge in [-0.25, -0.2) is 0 Å². The summed E-state index contributed by atoms with van der Waals surface area (Å²) in [4.78, 5) is 24.8. The second-order valence-electron chi connectivity index (χ2n) is 10.9. The zero-order valence-electron chi connectivity index (χ0n) is 24.5. The lowest BCUT2D eigenvalue weighted by Crippen LogP contribution is -2.60. The van der Waals surface area contributed by atoms with Crippen LogP contribution in [-0.2, 0) is 25.5 Å². The van der Waals surface area contributed by atoms with E-state index in [1.165, 1.54) is 0 Å². The average Bonchev–Trinajstić information content (AvgIpc) is 2.98. The normalized spacial score (nSPS) is 24.5. The summed E-state index contributed by atoms with van der Waals surface area (Å²) in [7, 11) is 0. The van der Waals surface area contributed by atoms with E-state index in [-0.39, 0.29) is 31.1 Å². The van der Waals surface area contributed by atoms with Crippen LogP contribution in [0, 0.1) is 0 Å². The number of carbonyl (C=O) groups excluding carboxylic acids is 2. The molecule has 1 saturated heterocycles. The topological polar surface area (TPSA) is 198 Å². The first-order valence-corrected chi connectivity index (χ1v) is 15.1. The highest BCUT2D eigenvalue weighted by Gasteiger charge is 2.44. The van der Waals surface area contributed by atoms with E-state index >= 15 is 0 Å². The van der Waals surface area contributed by atoms with Gasteiger partial charge in [0.1, 0.15) is 30.5 Å². The van der Waals surface area contributed by atoms with Gasteiger partial charge in [0.2, 0.25) is 11.8 Å². The number of rotatable bonds is 20. The molecular formula is C30H50N2O10. The smallest absolute Gasteiger partial charge is 0.220 e. The Morgan fingerprint density at radius 3 is 2.31 bits per heavy atom. The van der Waals surface area contributed by atoms with E-state index in [4.69, 9.17) is 9.47 Å². The van der Waals surface area contributed by atoms with Gasteiger partial charge in [0, 0.05) is 19.4 Å². The van der Waals surface area contributed by atoms with Crippen molar-refractivity contribution in [3.8, 4) is 0 Å². The fraction of sp³-hybridized carbons (Fsp3) is 0.733. The minimum absolute atomic E-state index is 0.0801. The third-order valence-electron chi connectivity index (χ3n) is 7.43. The zero-order chi connectivity index (χ0) is 30.9. The third-order valence-corrected chi connectivity index (χ3v) is 7.43. The highest BCUT2D eigenvalue weighted by atomic mass is 16.7. The van der Waals surface area contributed by atoms with Crippen LogP contribution in [0.1, 0.15) is 70.3 Å². The second kappa shape index (κ2) is 19.9. The Kier molecular flexibility index (Phi) is 17.1. The molecule has 1 aliphatic heterocycles. The molecule has 12 nitrogen and oxygen atoms in total. The molecule has 0 saturated carbocycles. The monoisotopic (exact) mass is 598 g/mol. The lowest BCUT2D eigenvalue weighted by molar-refractivity contribution is -0.303. The molecule has 240 valence electrons. The van der Waals surface area contributed by atoms with E-state index in [1.807, 2.05) is 30.3 Å². The molecule has 2 amide bonds. The van der Waals surface area contributed by atoms with Gasteiger partial charge < -0.3 is 50.7 Å². The predicted molar refractivity (Wildman–Crippen MR) is 154 cm³/mol. The van der Waals surface area contributed by atoms with Crippen molar-refractivity contribution in [1.29, 1.82) is 0 Å². The highest BCUT2D eigenvalue weighted by Crippen LogP contribution is 2.22. The van der Waals surface area contributed by atoms with Gasteiger partial charge in [-0.15, -0.1) is 0 Å². The van der Waals surface area contributed by atoms with Crippen LogP contribution in [0.25, 0.3) is 0 Å². The SMILES string of the molecule is CCCCCCCC(=O)N[C@@H](CO[C@H]1OC(CO)[C@H](O)C(O)[C@@H]1O)[C@H](O)[C@H](O)CCCC(=O)NCCc1ccccc1. The van der Waals surface area contributed by atoms with Crippen molar-refractivity contribution in [2.75, 3.05) is 19.8 Å². The summed E-state index contributed by atoms with van der Waals surface area (Å²) >= 11 is 0. The van der Waals surface area contributed by atoms with Crippen molar-refractivity contribution in [1.82, 2.24) is 10.6 Å². The first kappa shape index (κ1) is 36.0. The van der Waals surface area contributed by atoms with E-state index in [0.29, 0.717) is 25.8 Å². The van der Waals surface area contributed by atoms with Crippen LogP contribution < -0.4 is 10.6 Å². The summed E-state index contributed by atoms with van der Waals surface area (Å²) < 4.78 is 10.9. The summed E-state index contributed by atoms with van der Waals surface area (Å²) in [6.45, 7) is 1.54. The Morgan fingerprint density at radius 1 is 0.929 bits per heavy atom. The van der Waals surface area contributed by atoms with Crippen LogP contribution in [-0.4, -0.2) is 111 Å². The van der Waals surface area contributed by atoms with Crippen molar-refractivity contribution in [3.63, 3.8) is 0 Å². The molecular weight excluding hydrogens is 548 g/mol. The molecule has 0 aliphatic carbocycles. The molecule has 8 atom stereocenters. The first-order chi connectivity index (χ1) is 20.2. The number of benzene rings is 1. The molecule has 42 heavy (non-hydrogen) atoms. The molecule has 0 aromatic heterocycles. The molecule has 0 bridgehead atoms. The van der Waals surface area contributed by atoms with Crippen LogP contribution in [0.2, 0.25) is 0 Å². The van der Waals surface area contributed by atoms with Gasteiger partial charge in [0.15, 0.2) is 6.29 Å². The van der Waals surface area contributed by atoms with E-state index in [0.717, 1.165) is 31.2 Å². The molecule has 1 aromatic carbocycles. The van der Waals surface area contributed by atoms with Crippen LogP contribution in [0.4, 0.5) is 0 Å². The van der Waals surface area contributed by atoms with Gasteiger partial charge in [-0.2, -0.15) is 0 Å². The molecule has 1 fully saturated rings. The number of ether oxygens (including phenoxy) is 2. The first-order valence-electron chi connectivity index (χ1n) is 15.1. The molecule has 1 aromatic rings. The Hall–Kier alpha value is -2.16. The van der Waals surface area contributed by atoms with Crippen molar-refractivity contribution in [2.45, 2.75) is 120 Å². The Balaban J connectivity index is 1.88. The fourth-order valence-corrected chi connectivity index (χ4v) is 4.79. The maximum absolute atomic E-state index is 12.6. The summed E-state index contributed by atoms with van der Waals surface area (Å²) in [6, 6.07) is 8.65. The van der Waals surface area contributed by atoms with Crippen LogP contribution in [0.5, 0.6) is 0 Å². The minimum atomic E-state index is -1.65. The van der Waals surface area contributed by atoms with E-state index < -0.39 is 62.2 Å². The number of aliphatic hydroxyl groups is 6. The number of hydrogen-bond acceptors (Lipinski definition) is 10. The maximum Gasteiger partial charge on any atom is 0.220 e. The lowest BCUT2D eigenvalue weighted by Gasteiger charge is -2.40.